The van der Waals surface area contributed by atoms with E-state index in [9.17, 15) is 4.79 Å². The summed E-state index contributed by atoms with van der Waals surface area (Å²) in [6.07, 6.45) is 5.77. The number of carbonyl (C=O) groups excluding carboxylic acids is 1. The van der Waals surface area contributed by atoms with E-state index in [0.29, 0.717) is 6.61 Å². The first-order chi connectivity index (χ1) is 11.3. The molecule has 0 spiro atoms. The molecule has 4 heteroatoms. The molecule has 23 heavy (non-hydrogen) atoms. The molecule has 120 valence electrons. The molecule has 0 N–H and O–H groups in total. The fraction of sp³-hybridized carbons (Fsp3) is 0.474. The van der Waals surface area contributed by atoms with Gasteiger partial charge in [0, 0.05) is 24.2 Å². The van der Waals surface area contributed by atoms with E-state index in [1.165, 1.54) is 6.42 Å². The molecule has 1 saturated heterocycles. The molecule has 1 aromatic carbocycles. The third-order valence-electron chi connectivity index (χ3n) is 5.18. The predicted molar refractivity (Wildman–Crippen MR) is 90.4 cm³/mol. The molecule has 4 rings (SSSR count). The largest absolute Gasteiger partial charge is 0.368 e. The van der Waals surface area contributed by atoms with Crippen LogP contribution in [0.5, 0.6) is 0 Å². The van der Waals surface area contributed by atoms with E-state index in [1.54, 1.807) is 6.20 Å². The summed E-state index contributed by atoms with van der Waals surface area (Å²) >= 11 is 0. The topological polar surface area (TPSA) is 42.4 Å². The fourth-order valence-corrected chi connectivity index (χ4v) is 3.57. The quantitative estimate of drug-likeness (QED) is 0.871. The van der Waals surface area contributed by atoms with Crippen molar-refractivity contribution < 1.29 is 9.53 Å². The van der Waals surface area contributed by atoms with Crippen LogP contribution in [0.3, 0.4) is 0 Å². The number of para-hydroxylation sites is 1. The lowest BCUT2D eigenvalue weighted by Gasteiger charge is -2.39. The van der Waals surface area contributed by atoms with Gasteiger partial charge in [0.1, 0.15) is 6.10 Å². The predicted octanol–water partition coefficient (Wildman–Crippen LogP) is 3.55. The van der Waals surface area contributed by atoms with Gasteiger partial charge in [-0.05, 0) is 43.7 Å². The Morgan fingerprint density at radius 2 is 2.04 bits per heavy atom. The number of aromatic nitrogens is 1. The minimum absolute atomic E-state index is 0.109. The van der Waals surface area contributed by atoms with Gasteiger partial charge in [0.2, 0.25) is 0 Å². The second kappa shape index (κ2) is 5.93. The van der Waals surface area contributed by atoms with Crippen molar-refractivity contribution in [3.63, 3.8) is 0 Å². The minimum atomic E-state index is -0.311. The Morgan fingerprint density at radius 3 is 2.74 bits per heavy atom. The Hall–Kier alpha value is -1.94. The number of hydrogen-bond donors (Lipinski definition) is 0. The third kappa shape index (κ3) is 2.51. The zero-order chi connectivity index (χ0) is 15.8. The molecule has 1 aliphatic carbocycles. The molecule has 1 saturated carbocycles. The second-order valence-corrected chi connectivity index (χ2v) is 6.70. The van der Waals surface area contributed by atoms with Crippen molar-refractivity contribution in [2.75, 3.05) is 11.5 Å². The summed E-state index contributed by atoms with van der Waals surface area (Å²) in [6.45, 7) is 2.79. The van der Waals surface area contributed by atoms with E-state index >= 15 is 0 Å². The van der Waals surface area contributed by atoms with Gasteiger partial charge in [-0.15, -0.1) is 0 Å². The fourth-order valence-electron chi connectivity index (χ4n) is 3.57. The van der Waals surface area contributed by atoms with Gasteiger partial charge in [-0.2, -0.15) is 0 Å². The van der Waals surface area contributed by atoms with Crippen molar-refractivity contribution in [1.29, 1.82) is 0 Å². The maximum atomic E-state index is 13.2. The molecule has 2 heterocycles. The van der Waals surface area contributed by atoms with E-state index in [-0.39, 0.29) is 24.0 Å². The maximum Gasteiger partial charge on any atom is 0.256 e. The Balaban J connectivity index is 1.77. The average Bonchev–Trinajstić information content (AvgIpc) is 2.96. The monoisotopic (exact) mass is 310 g/mol. The lowest BCUT2D eigenvalue weighted by molar-refractivity contribution is -0.129. The Kier molecular flexibility index (Phi) is 3.77. The highest BCUT2D eigenvalue weighted by molar-refractivity contribution is 6.04. The SMILES string of the molecule is C[C@H]1CCO[C@H]1C(=O)N(c1cccc2cccnc12)C1CCC1. The van der Waals surface area contributed by atoms with Crippen LogP contribution in [-0.2, 0) is 9.53 Å². The number of nitrogens with zero attached hydrogens (tertiary/aromatic N) is 2. The molecule has 4 nitrogen and oxygen atoms in total. The number of carbonyl (C=O) groups is 1. The van der Waals surface area contributed by atoms with Gasteiger partial charge in [-0.1, -0.05) is 25.1 Å². The van der Waals surface area contributed by atoms with E-state index < -0.39 is 0 Å². The number of hydrogen-bond acceptors (Lipinski definition) is 3. The number of ether oxygens (including phenoxy) is 1. The van der Waals surface area contributed by atoms with Crippen LogP contribution in [0.1, 0.15) is 32.6 Å². The smallest absolute Gasteiger partial charge is 0.256 e. The Labute approximate surface area is 136 Å². The highest BCUT2D eigenvalue weighted by Gasteiger charge is 2.39. The number of rotatable bonds is 3. The van der Waals surface area contributed by atoms with E-state index in [1.807, 2.05) is 35.2 Å². The molecule has 1 aromatic heterocycles. The summed E-state index contributed by atoms with van der Waals surface area (Å²) in [6, 6.07) is 10.3. The Morgan fingerprint density at radius 1 is 1.22 bits per heavy atom. The first-order valence-corrected chi connectivity index (χ1v) is 8.54. The van der Waals surface area contributed by atoms with Gasteiger partial charge in [0.05, 0.1) is 11.2 Å². The third-order valence-corrected chi connectivity index (χ3v) is 5.18. The lowest BCUT2D eigenvalue weighted by atomic mass is 9.89. The lowest BCUT2D eigenvalue weighted by Crippen LogP contribution is -2.50. The molecule has 0 bridgehead atoms. The molecule has 1 amide bonds. The van der Waals surface area contributed by atoms with E-state index in [0.717, 1.165) is 35.9 Å². The molecule has 0 unspecified atom stereocenters. The molecular formula is C19H22N2O2. The average molecular weight is 310 g/mol. The van der Waals surface area contributed by atoms with Crippen molar-refractivity contribution in [3.05, 3.63) is 36.5 Å². The van der Waals surface area contributed by atoms with Crippen LogP contribution < -0.4 is 4.90 Å². The molecule has 0 radical (unpaired) electrons. The summed E-state index contributed by atoms with van der Waals surface area (Å²) in [7, 11) is 0. The molecule has 1 aliphatic heterocycles. The van der Waals surface area contributed by atoms with Gasteiger partial charge >= 0.3 is 0 Å². The maximum absolute atomic E-state index is 13.2. The molecule has 2 fully saturated rings. The number of fused-ring (bicyclic) bond motifs is 1. The molecule has 2 atom stereocenters. The zero-order valence-electron chi connectivity index (χ0n) is 13.4. The summed E-state index contributed by atoms with van der Waals surface area (Å²) in [4.78, 5) is 19.7. The number of benzene rings is 1. The van der Waals surface area contributed by atoms with Crippen molar-refractivity contribution in [2.45, 2.75) is 44.8 Å². The highest BCUT2D eigenvalue weighted by atomic mass is 16.5. The first-order valence-electron chi connectivity index (χ1n) is 8.54. The Bertz CT molecular complexity index is 721. The van der Waals surface area contributed by atoms with Gasteiger partial charge < -0.3 is 9.64 Å². The molecule has 2 aromatic rings. The van der Waals surface area contributed by atoms with Crippen LogP contribution in [0.25, 0.3) is 10.9 Å². The van der Waals surface area contributed by atoms with Crippen LogP contribution in [0.4, 0.5) is 5.69 Å². The van der Waals surface area contributed by atoms with Crippen molar-refractivity contribution in [3.8, 4) is 0 Å². The zero-order valence-corrected chi connectivity index (χ0v) is 13.4. The van der Waals surface area contributed by atoms with E-state index in [2.05, 4.69) is 11.9 Å². The first kappa shape index (κ1) is 14.6. The van der Waals surface area contributed by atoms with Gasteiger partial charge in [0.15, 0.2) is 0 Å². The summed E-state index contributed by atoms with van der Waals surface area (Å²) in [5, 5.41) is 1.07. The number of amides is 1. The summed E-state index contributed by atoms with van der Waals surface area (Å²) in [5.74, 6) is 0.394. The van der Waals surface area contributed by atoms with E-state index in [4.69, 9.17) is 4.74 Å². The van der Waals surface area contributed by atoms with Crippen LogP contribution in [0.2, 0.25) is 0 Å². The van der Waals surface area contributed by atoms with Crippen molar-refractivity contribution in [1.82, 2.24) is 4.98 Å². The standard InChI is InChI=1S/C19H22N2O2/c1-13-10-12-23-18(13)19(22)21(15-7-3-8-15)16-9-2-5-14-6-4-11-20-17(14)16/h2,4-6,9,11,13,15,18H,3,7-8,10,12H2,1H3/t13-,18+/m0/s1. The number of pyridine rings is 1. The second-order valence-electron chi connectivity index (χ2n) is 6.70. The van der Waals surface area contributed by atoms with Crippen LogP contribution in [-0.4, -0.2) is 29.6 Å². The summed E-state index contributed by atoms with van der Waals surface area (Å²) < 4.78 is 5.75. The normalized spacial score (nSPS) is 24.6. The number of anilines is 1. The van der Waals surface area contributed by atoms with Crippen molar-refractivity contribution >= 4 is 22.5 Å². The summed E-state index contributed by atoms with van der Waals surface area (Å²) in [5.41, 5.74) is 1.83. The molecular weight excluding hydrogens is 288 g/mol. The van der Waals surface area contributed by atoms with Crippen molar-refractivity contribution in [2.24, 2.45) is 5.92 Å². The van der Waals surface area contributed by atoms with Crippen LogP contribution in [0, 0.1) is 5.92 Å². The minimum Gasteiger partial charge on any atom is -0.368 e. The van der Waals surface area contributed by atoms with Crippen LogP contribution in [0.15, 0.2) is 36.5 Å². The van der Waals surface area contributed by atoms with Crippen LogP contribution >= 0.6 is 0 Å². The molecule has 2 aliphatic rings. The van der Waals surface area contributed by atoms with Gasteiger partial charge in [-0.25, -0.2) is 0 Å². The van der Waals surface area contributed by atoms with Gasteiger partial charge in [0.25, 0.3) is 5.91 Å². The highest BCUT2D eigenvalue weighted by Crippen LogP contribution is 2.35. The van der Waals surface area contributed by atoms with Gasteiger partial charge in [-0.3, -0.25) is 9.78 Å².